The number of hydrogen-bond acceptors (Lipinski definition) is 4. The van der Waals surface area contributed by atoms with E-state index in [0.29, 0.717) is 32.6 Å². The van der Waals surface area contributed by atoms with E-state index < -0.39 is 0 Å². The summed E-state index contributed by atoms with van der Waals surface area (Å²) in [6.07, 6.45) is 0. The number of aromatic nitrogens is 2. The van der Waals surface area contributed by atoms with Crippen LogP contribution in [0, 0.1) is 0 Å². The van der Waals surface area contributed by atoms with Gasteiger partial charge in [-0.15, -0.1) is 0 Å². The number of nitrogens with two attached hydrogens (primary N) is 1. The summed E-state index contributed by atoms with van der Waals surface area (Å²) in [7, 11) is 0. The number of anilines is 1. The van der Waals surface area contributed by atoms with Crippen LogP contribution in [-0.4, -0.2) is 9.97 Å². The molecule has 0 bridgehead atoms. The minimum Gasteiger partial charge on any atom is -0.383 e. The third kappa shape index (κ3) is 1.92. The van der Waals surface area contributed by atoms with Crippen LogP contribution >= 0.6 is 34.5 Å². The Morgan fingerprint density at radius 3 is 2.72 bits per heavy atom. The fourth-order valence-electron chi connectivity index (χ4n) is 1.70. The number of fused-ring (bicyclic) bond motifs is 1. The lowest BCUT2D eigenvalue weighted by atomic mass is 10.2. The van der Waals surface area contributed by atoms with Crippen molar-refractivity contribution in [3.63, 3.8) is 0 Å². The highest BCUT2D eigenvalue weighted by atomic mass is 35.5. The molecule has 0 radical (unpaired) electrons. The summed E-state index contributed by atoms with van der Waals surface area (Å²) in [5.74, 6) is 0.955. The summed E-state index contributed by atoms with van der Waals surface area (Å²) in [6, 6.07) is 5.31. The average molecular weight is 296 g/mol. The third-order valence-electron chi connectivity index (χ3n) is 2.53. The lowest BCUT2D eigenvalue weighted by Gasteiger charge is -2.06. The lowest BCUT2D eigenvalue weighted by Crippen LogP contribution is -1.97. The average Bonchev–Trinajstić information content (AvgIpc) is 2.83. The Morgan fingerprint density at radius 1 is 1.17 bits per heavy atom. The maximum absolute atomic E-state index is 6.14. The van der Waals surface area contributed by atoms with Crippen LogP contribution in [0.5, 0.6) is 0 Å². The zero-order chi connectivity index (χ0) is 12.7. The minimum atomic E-state index is 0.380. The molecular weight excluding hydrogens is 289 g/mol. The van der Waals surface area contributed by atoms with Crippen molar-refractivity contribution in [2.24, 2.45) is 0 Å². The molecule has 2 heterocycles. The van der Waals surface area contributed by atoms with Crippen molar-refractivity contribution in [1.82, 2.24) is 9.97 Å². The fraction of sp³-hybridized carbons (Fsp3) is 0. The van der Waals surface area contributed by atoms with Crippen LogP contribution in [0.2, 0.25) is 10.0 Å². The molecular formula is C12H7Cl2N3S. The largest absolute Gasteiger partial charge is 0.383 e. The van der Waals surface area contributed by atoms with Crippen LogP contribution in [0.4, 0.5) is 5.82 Å². The molecule has 3 aromatic rings. The van der Waals surface area contributed by atoms with Gasteiger partial charge in [0.1, 0.15) is 5.82 Å². The first kappa shape index (κ1) is 11.7. The molecule has 0 unspecified atom stereocenters. The SMILES string of the molecule is Nc1nc(-c2ccsc2)nc2c(Cl)cc(Cl)cc12. The third-order valence-corrected chi connectivity index (χ3v) is 3.72. The first-order chi connectivity index (χ1) is 8.65. The second kappa shape index (κ2) is 4.39. The molecule has 0 saturated carbocycles. The van der Waals surface area contributed by atoms with Crippen molar-refractivity contribution in [2.75, 3.05) is 5.73 Å². The van der Waals surface area contributed by atoms with E-state index in [0.717, 1.165) is 5.56 Å². The van der Waals surface area contributed by atoms with Gasteiger partial charge >= 0.3 is 0 Å². The monoisotopic (exact) mass is 295 g/mol. The highest BCUT2D eigenvalue weighted by Gasteiger charge is 2.11. The molecule has 0 atom stereocenters. The Hall–Kier alpha value is -1.36. The first-order valence-corrected chi connectivity index (χ1v) is 6.80. The summed E-state index contributed by atoms with van der Waals surface area (Å²) < 4.78 is 0. The normalized spacial score (nSPS) is 11.0. The van der Waals surface area contributed by atoms with Gasteiger partial charge in [-0.3, -0.25) is 0 Å². The summed E-state index contributed by atoms with van der Waals surface area (Å²) >= 11 is 13.7. The Morgan fingerprint density at radius 2 is 2.00 bits per heavy atom. The molecule has 0 aliphatic rings. The smallest absolute Gasteiger partial charge is 0.163 e. The Labute approximate surface area is 117 Å². The maximum Gasteiger partial charge on any atom is 0.163 e. The highest BCUT2D eigenvalue weighted by molar-refractivity contribution is 7.08. The number of thiophene rings is 1. The van der Waals surface area contributed by atoms with E-state index >= 15 is 0 Å². The standard InChI is InChI=1S/C12H7Cl2N3S/c13-7-3-8-10(9(14)4-7)16-12(17-11(8)15)6-1-2-18-5-6/h1-5H,(H2,15,16,17). The molecule has 90 valence electrons. The molecule has 0 aliphatic heterocycles. The van der Waals surface area contributed by atoms with Crippen LogP contribution in [0.3, 0.4) is 0 Å². The molecule has 0 saturated heterocycles. The van der Waals surface area contributed by atoms with Gasteiger partial charge in [-0.25, -0.2) is 9.97 Å². The van der Waals surface area contributed by atoms with Gasteiger partial charge in [0, 0.05) is 21.4 Å². The molecule has 2 aromatic heterocycles. The van der Waals surface area contributed by atoms with Crippen LogP contribution in [0.15, 0.2) is 29.0 Å². The molecule has 0 aliphatic carbocycles. The topological polar surface area (TPSA) is 51.8 Å². The van der Waals surface area contributed by atoms with Gasteiger partial charge in [0.15, 0.2) is 5.82 Å². The summed E-state index contributed by atoms with van der Waals surface area (Å²) in [6.45, 7) is 0. The number of hydrogen-bond donors (Lipinski definition) is 1. The van der Waals surface area contributed by atoms with Gasteiger partial charge in [0.2, 0.25) is 0 Å². The first-order valence-electron chi connectivity index (χ1n) is 5.10. The van der Waals surface area contributed by atoms with Gasteiger partial charge < -0.3 is 5.73 Å². The van der Waals surface area contributed by atoms with Crippen molar-refractivity contribution in [1.29, 1.82) is 0 Å². The maximum atomic E-state index is 6.14. The molecule has 2 N–H and O–H groups in total. The van der Waals surface area contributed by atoms with E-state index in [9.17, 15) is 0 Å². The number of nitrogen functional groups attached to an aromatic ring is 1. The van der Waals surface area contributed by atoms with E-state index in [1.165, 1.54) is 0 Å². The second-order valence-electron chi connectivity index (χ2n) is 3.73. The number of rotatable bonds is 1. The van der Waals surface area contributed by atoms with Crippen molar-refractivity contribution in [2.45, 2.75) is 0 Å². The highest BCUT2D eigenvalue weighted by Crippen LogP contribution is 2.31. The van der Waals surface area contributed by atoms with E-state index in [1.54, 1.807) is 23.5 Å². The van der Waals surface area contributed by atoms with Crippen molar-refractivity contribution in [3.05, 3.63) is 39.0 Å². The van der Waals surface area contributed by atoms with E-state index in [4.69, 9.17) is 28.9 Å². The number of nitrogens with zero attached hydrogens (tertiary/aromatic N) is 2. The van der Waals surface area contributed by atoms with Gasteiger partial charge in [0.25, 0.3) is 0 Å². The Bertz CT molecular complexity index is 726. The predicted octanol–water partition coefficient (Wildman–Crippen LogP) is 4.25. The number of benzene rings is 1. The van der Waals surface area contributed by atoms with Gasteiger partial charge in [-0.1, -0.05) is 23.2 Å². The van der Waals surface area contributed by atoms with Crippen molar-refractivity contribution in [3.8, 4) is 11.4 Å². The van der Waals surface area contributed by atoms with Crippen LogP contribution in [0.1, 0.15) is 0 Å². The molecule has 3 nitrogen and oxygen atoms in total. The van der Waals surface area contributed by atoms with Crippen molar-refractivity contribution < 1.29 is 0 Å². The zero-order valence-electron chi connectivity index (χ0n) is 9.02. The van der Waals surface area contributed by atoms with E-state index in [2.05, 4.69) is 9.97 Å². The van der Waals surface area contributed by atoms with Crippen LogP contribution < -0.4 is 5.73 Å². The molecule has 0 amide bonds. The quantitative estimate of drug-likeness (QED) is 0.730. The summed E-state index contributed by atoms with van der Waals surface area (Å²) in [5.41, 5.74) is 7.49. The van der Waals surface area contributed by atoms with Gasteiger partial charge in [-0.2, -0.15) is 11.3 Å². The molecule has 3 rings (SSSR count). The van der Waals surface area contributed by atoms with E-state index in [-0.39, 0.29) is 0 Å². The zero-order valence-corrected chi connectivity index (χ0v) is 11.4. The minimum absolute atomic E-state index is 0.380. The lowest BCUT2D eigenvalue weighted by molar-refractivity contribution is 1.24. The van der Waals surface area contributed by atoms with Gasteiger partial charge in [0.05, 0.1) is 10.5 Å². The predicted molar refractivity (Wildman–Crippen MR) is 77.3 cm³/mol. The molecule has 0 spiro atoms. The van der Waals surface area contributed by atoms with Crippen molar-refractivity contribution >= 4 is 51.3 Å². The second-order valence-corrected chi connectivity index (χ2v) is 5.35. The molecule has 18 heavy (non-hydrogen) atoms. The molecule has 0 fully saturated rings. The van der Waals surface area contributed by atoms with Crippen LogP contribution in [-0.2, 0) is 0 Å². The Kier molecular flexibility index (Phi) is 2.86. The van der Waals surface area contributed by atoms with E-state index in [1.807, 2.05) is 16.8 Å². The summed E-state index contributed by atoms with van der Waals surface area (Å²) in [4.78, 5) is 8.73. The fourth-order valence-corrected chi connectivity index (χ4v) is 2.87. The van der Waals surface area contributed by atoms with Crippen LogP contribution in [0.25, 0.3) is 22.3 Å². The van der Waals surface area contributed by atoms with Gasteiger partial charge in [-0.05, 0) is 23.6 Å². The Balaban J connectivity index is 2.34. The summed E-state index contributed by atoms with van der Waals surface area (Å²) in [5, 5.41) is 5.59. The number of halogens is 2. The molecule has 1 aromatic carbocycles. The molecule has 6 heteroatoms.